The Bertz CT molecular complexity index is 159. The van der Waals surface area contributed by atoms with E-state index in [1.807, 2.05) is 0 Å². The van der Waals surface area contributed by atoms with Gasteiger partial charge in [0.15, 0.2) is 0 Å². The Hall–Kier alpha value is -0.870. The molecule has 0 aliphatic rings. The molecule has 0 radical (unpaired) electrons. The van der Waals surface area contributed by atoms with Crippen LogP contribution < -0.4 is 0 Å². The molecular weight excluding hydrogens is 170 g/mol. The second kappa shape index (κ2) is 7.76. The third-order valence-corrected chi connectivity index (χ3v) is 1.54. The summed E-state index contributed by atoms with van der Waals surface area (Å²) >= 11 is 0. The van der Waals surface area contributed by atoms with Gasteiger partial charge in [0, 0.05) is 27.3 Å². The Labute approximate surface area is 79.1 Å². The van der Waals surface area contributed by atoms with E-state index in [0.29, 0.717) is 19.7 Å². The Morgan fingerprint density at radius 3 is 2.62 bits per heavy atom. The first-order valence-corrected chi connectivity index (χ1v) is 4.12. The lowest BCUT2D eigenvalue weighted by Crippen LogP contribution is -2.36. The van der Waals surface area contributed by atoms with Crippen LogP contribution >= 0.6 is 0 Å². The van der Waals surface area contributed by atoms with Crippen molar-refractivity contribution in [1.82, 2.24) is 4.90 Å². The fourth-order valence-electron chi connectivity index (χ4n) is 0.890. The van der Waals surface area contributed by atoms with Gasteiger partial charge in [-0.3, -0.25) is 4.79 Å². The molecule has 0 aromatic carbocycles. The second-order valence-corrected chi connectivity index (χ2v) is 2.55. The van der Waals surface area contributed by atoms with Crippen molar-refractivity contribution in [2.75, 3.05) is 40.5 Å². The summed E-state index contributed by atoms with van der Waals surface area (Å²) in [6.45, 7) is 5.32. The van der Waals surface area contributed by atoms with Gasteiger partial charge in [0.25, 0.3) is 0 Å². The quantitative estimate of drug-likeness (QED) is 0.538. The molecule has 4 nitrogen and oxygen atoms in total. The first-order valence-electron chi connectivity index (χ1n) is 4.12. The molecule has 0 aromatic rings. The normalized spacial score (nSPS) is 9.69. The van der Waals surface area contributed by atoms with E-state index in [-0.39, 0.29) is 12.5 Å². The van der Waals surface area contributed by atoms with Crippen molar-refractivity contribution >= 4 is 5.91 Å². The number of carbonyl (C=O) groups excluding carboxylic acids is 1. The largest absolute Gasteiger partial charge is 0.383 e. The lowest BCUT2D eigenvalue weighted by Gasteiger charge is -2.19. The molecule has 0 bridgehead atoms. The van der Waals surface area contributed by atoms with Crippen LogP contribution in [0.2, 0.25) is 0 Å². The van der Waals surface area contributed by atoms with Crippen molar-refractivity contribution in [3.63, 3.8) is 0 Å². The predicted octanol–water partition coefficient (Wildman–Crippen LogP) is 0.294. The van der Waals surface area contributed by atoms with Gasteiger partial charge < -0.3 is 14.4 Å². The van der Waals surface area contributed by atoms with Gasteiger partial charge in [-0.2, -0.15) is 0 Å². The number of hydrogen-bond donors (Lipinski definition) is 0. The van der Waals surface area contributed by atoms with Gasteiger partial charge in [0.05, 0.1) is 6.61 Å². The fourth-order valence-corrected chi connectivity index (χ4v) is 0.890. The number of rotatable bonds is 7. The summed E-state index contributed by atoms with van der Waals surface area (Å²) in [7, 11) is 3.10. The highest BCUT2D eigenvalue weighted by molar-refractivity contribution is 5.77. The summed E-state index contributed by atoms with van der Waals surface area (Å²) in [5.41, 5.74) is 0. The van der Waals surface area contributed by atoms with Crippen LogP contribution in [0.1, 0.15) is 0 Å². The van der Waals surface area contributed by atoms with Crippen molar-refractivity contribution in [1.29, 1.82) is 0 Å². The van der Waals surface area contributed by atoms with Crippen molar-refractivity contribution in [2.24, 2.45) is 0 Å². The zero-order chi connectivity index (χ0) is 10.1. The van der Waals surface area contributed by atoms with E-state index in [9.17, 15) is 4.79 Å². The van der Waals surface area contributed by atoms with E-state index >= 15 is 0 Å². The minimum Gasteiger partial charge on any atom is -0.383 e. The van der Waals surface area contributed by atoms with Crippen molar-refractivity contribution in [2.45, 2.75) is 0 Å². The summed E-state index contributed by atoms with van der Waals surface area (Å²) in [6.07, 6.45) is 1.68. The molecule has 0 aliphatic heterocycles. The zero-order valence-electron chi connectivity index (χ0n) is 8.28. The van der Waals surface area contributed by atoms with Gasteiger partial charge in [0.2, 0.25) is 5.91 Å². The van der Waals surface area contributed by atoms with Crippen molar-refractivity contribution in [3.8, 4) is 0 Å². The Morgan fingerprint density at radius 1 is 1.46 bits per heavy atom. The molecule has 0 spiro atoms. The molecule has 0 saturated heterocycles. The molecule has 0 saturated carbocycles. The van der Waals surface area contributed by atoms with Gasteiger partial charge in [-0.25, -0.2) is 0 Å². The van der Waals surface area contributed by atoms with E-state index in [1.54, 1.807) is 18.1 Å². The molecule has 1 amide bonds. The van der Waals surface area contributed by atoms with Crippen LogP contribution in [-0.2, 0) is 14.3 Å². The molecular formula is C9H17NO3. The molecule has 0 atom stereocenters. The van der Waals surface area contributed by atoms with Gasteiger partial charge in [0.1, 0.15) is 6.61 Å². The van der Waals surface area contributed by atoms with E-state index in [4.69, 9.17) is 9.47 Å². The minimum atomic E-state index is -0.0422. The Morgan fingerprint density at radius 2 is 2.15 bits per heavy atom. The molecule has 0 aromatic heterocycles. The monoisotopic (exact) mass is 187 g/mol. The fraction of sp³-hybridized carbons (Fsp3) is 0.667. The van der Waals surface area contributed by atoms with E-state index in [2.05, 4.69) is 6.58 Å². The van der Waals surface area contributed by atoms with Crippen LogP contribution in [0.3, 0.4) is 0 Å². The summed E-state index contributed by atoms with van der Waals surface area (Å²) < 4.78 is 9.62. The highest BCUT2D eigenvalue weighted by atomic mass is 16.5. The molecule has 76 valence electrons. The predicted molar refractivity (Wildman–Crippen MR) is 50.5 cm³/mol. The maximum absolute atomic E-state index is 11.3. The van der Waals surface area contributed by atoms with Crippen LogP contribution in [0.15, 0.2) is 12.7 Å². The van der Waals surface area contributed by atoms with Crippen LogP contribution in [0.4, 0.5) is 0 Å². The topological polar surface area (TPSA) is 38.8 Å². The molecule has 0 N–H and O–H groups in total. The molecule has 0 heterocycles. The molecule has 0 fully saturated rings. The summed E-state index contributed by atoms with van der Waals surface area (Å²) in [6, 6.07) is 0. The number of carbonyl (C=O) groups is 1. The van der Waals surface area contributed by atoms with Crippen LogP contribution in [0.25, 0.3) is 0 Å². The van der Waals surface area contributed by atoms with E-state index < -0.39 is 0 Å². The lowest BCUT2D eigenvalue weighted by molar-refractivity contribution is -0.135. The first kappa shape index (κ1) is 12.1. The maximum atomic E-state index is 11.3. The Balaban J connectivity index is 3.90. The highest BCUT2D eigenvalue weighted by Gasteiger charge is 2.10. The third kappa shape index (κ3) is 5.38. The summed E-state index contributed by atoms with van der Waals surface area (Å²) in [5.74, 6) is -0.0422. The number of ether oxygens (including phenoxy) is 2. The first-order chi connectivity index (χ1) is 6.26. The van der Waals surface area contributed by atoms with Crippen LogP contribution in [-0.4, -0.2) is 51.3 Å². The van der Waals surface area contributed by atoms with Gasteiger partial charge in [-0.05, 0) is 0 Å². The molecule has 0 aliphatic carbocycles. The molecule has 0 rings (SSSR count). The smallest absolute Gasteiger partial charge is 0.248 e. The lowest BCUT2D eigenvalue weighted by atomic mass is 10.4. The van der Waals surface area contributed by atoms with E-state index in [0.717, 1.165) is 0 Å². The zero-order valence-corrected chi connectivity index (χ0v) is 8.28. The standard InChI is InChI=1S/C9H17NO3/c1-4-5-10(6-7-12-2)9(11)8-13-3/h4H,1,5-8H2,2-3H3. The molecule has 0 unspecified atom stereocenters. The molecule has 4 heteroatoms. The van der Waals surface area contributed by atoms with E-state index in [1.165, 1.54) is 7.11 Å². The number of nitrogens with zero attached hydrogens (tertiary/aromatic N) is 1. The van der Waals surface area contributed by atoms with Gasteiger partial charge in [-0.1, -0.05) is 6.08 Å². The average Bonchev–Trinajstić information content (AvgIpc) is 2.12. The summed E-state index contributed by atoms with van der Waals surface area (Å²) in [5, 5.41) is 0. The highest BCUT2D eigenvalue weighted by Crippen LogP contribution is 1.91. The molecule has 13 heavy (non-hydrogen) atoms. The third-order valence-electron chi connectivity index (χ3n) is 1.54. The SMILES string of the molecule is C=CCN(CCOC)C(=O)COC. The maximum Gasteiger partial charge on any atom is 0.248 e. The number of amides is 1. The number of methoxy groups -OCH3 is 2. The van der Waals surface area contributed by atoms with Crippen molar-refractivity contribution < 1.29 is 14.3 Å². The van der Waals surface area contributed by atoms with Crippen LogP contribution in [0.5, 0.6) is 0 Å². The van der Waals surface area contributed by atoms with Gasteiger partial charge in [-0.15, -0.1) is 6.58 Å². The minimum absolute atomic E-state index is 0.0422. The van der Waals surface area contributed by atoms with Gasteiger partial charge >= 0.3 is 0 Å². The Kier molecular flexibility index (Phi) is 7.24. The number of hydrogen-bond acceptors (Lipinski definition) is 3. The average molecular weight is 187 g/mol. The summed E-state index contributed by atoms with van der Waals surface area (Å²) in [4.78, 5) is 13.0. The van der Waals surface area contributed by atoms with Crippen molar-refractivity contribution in [3.05, 3.63) is 12.7 Å². The second-order valence-electron chi connectivity index (χ2n) is 2.55. The van der Waals surface area contributed by atoms with Crippen LogP contribution in [0, 0.1) is 0 Å².